The number of aryl methyl sites for hydroxylation is 1. The summed E-state index contributed by atoms with van der Waals surface area (Å²) in [6.07, 6.45) is 3.86. The van der Waals surface area contributed by atoms with E-state index in [-0.39, 0.29) is 7.53 Å². The maximum atomic E-state index is 3.66. The second-order valence-electron chi connectivity index (χ2n) is 4.86. The van der Waals surface area contributed by atoms with Crippen molar-refractivity contribution in [2.45, 2.75) is 25.9 Å². The van der Waals surface area contributed by atoms with Gasteiger partial charge in [-0.3, -0.25) is 0 Å². The lowest BCUT2D eigenvalue weighted by Gasteiger charge is -2.06. The molecule has 0 nitrogen and oxygen atoms in total. The number of hydrogen-bond donors (Lipinski definition) is 0. The van der Waals surface area contributed by atoms with Gasteiger partial charge >= 0.3 is 0 Å². The molecule has 0 amide bonds. The van der Waals surface area contributed by atoms with Crippen molar-refractivity contribution in [3.05, 3.63) is 60.7 Å². The molecule has 1 atom stereocenters. The number of rotatable bonds is 4. The van der Waals surface area contributed by atoms with E-state index in [4.69, 9.17) is 0 Å². The summed E-state index contributed by atoms with van der Waals surface area (Å²) in [5, 5.41) is 4.26. The zero-order chi connectivity index (χ0) is 13.1. The summed E-state index contributed by atoms with van der Waals surface area (Å²) in [4.78, 5) is 0. The molecule has 95 valence electrons. The minimum absolute atomic E-state index is 0.201. The highest BCUT2D eigenvalue weighted by Gasteiger charge is 2.11. The number of hydrogen-bond acceptors (Lipinski definition) is 0. The van der Waals surface area contributed by atoms with E-state index < -0.39 is 0 Å². The molecular formula is C18H18P. The Bertz CT molecular complexity index is 664. The van der Waals surface area contributed by atoms with Crippen LogP contribution in [0.15, 0.2) is 54.6 Å². The highest BCUT2D eigenvalue weighted by atomic mass is 31.1. The Labute approximate surface area is 116 Å². The van der Waals surface area contributed by atoms with Crippen LogP contribution in [0.1, 0.15) is 19.8 Å². The van der Waals surface area contributed by atoms with Crippen molar-refractivity contribution < 1.29 is 0 Å². The van der Waals surface area contributed by atoms with Crippen LogP contribution in [0, 0.1) is 6.07 Å². The molecule has 0 spiro atoms. The van der Waals surface area contributed by atoms with E-state index >= 15 is 0 Å². The molecule has 0 bridgehead atoms. The number of fused-ring (bicyclic) bond motifs is 1. The maximum absolute atomic E-state index is 3.66. The smallest absolute Gasteiger partial charge is 0.0103 e. The predicted molar refractivity (Wildman–Crippen MR) is 85.8 cm³/mol. The van der Waals surface area contributed by atoms with Gasteiger partial charge < -0.3 is 0 Å². The van der Waals surface area contributed by atoms with Gasteiger partial charge in [-0.2, -0.15) is 0 Å². The summed E-state index contributed by atoms with van der Waals surface area (Å²) in [7, 11) is -0.201. The fourth-order valence-electron chi connectivity index (χ4n) is 2.50. The zero-order valence-electron chi connectivity index (χ0n) is 11.3. The Morgan fingerprint density at radius 1 is 0.947 bits per heavy atom. The van der Waals surface area contributed by atoms with E-state index in [2.05, 4.69) is 67.6 Å². The lowest BCUT2D eigenvalue weighted by atomic mass is 10.2. The third kappa shape index (κ3) is 2.46. The van der Waals surface area contributed by atoms with Crippen molar-refractivity contribution in [3.8, 4) is 10.9 Å². The standard InChI is InChI=1S/C18H18P/c1-2-3-13-19-17-12-8-7-11-16(17)14-18(19)15-9-5-4-6-10-15/h4-12H,2-3,13H2,1H3. The molecule has 1 heterocycles. The van der Waals surface area contributed by atoms with Gasteiger partial charge in [0.2, 0.25) is 0 Å². The van der Waals surface area contributed by atoms with E-state index in [9.17, 15) is 0 Å². The molecular weight excluding hydrogens is 247 g/mol. The highest BCUT2D eigenvalue weighted by molar-refractivity contribution is 7.58. The first kappa shape index (κ1) is 12.5. The normalized spacial score (nSPS) is 11.9. The molecule has 0 aliphatic carbocycles. The summed E-state index contributed by atoms with van der Waals surface area (Å²) >= 11 is 0. The second kappa shape index (κ2) is 5.63. The van der Waals surface area contributed by atoms with Gasteiger partial charge in [0.05, 0.1) is 0 Å². The molecule has 2 aromatic carbocycles. The summed E-state index contributed by atoms with van der Waals surface area (Å²) in [5.41, 5.74) is 1.35. The lowest BCUT2D eigenvalue weighted by Crippen LogP contribution is -1.74. The van der Waals surface area contributed by atoms with Gasteiger partial charge in [-0.25, -0.2) is 0 Å². The third-order valence-electron chi connectivity index (χ3n) is 3.50. The van der Waals surface area contributed by atoms with Gasteiger partial charge in [-0.1, -0.05) is 67.9 Å². The molecule has 0 fully saturated rings. The van der Waals surface area contributed by atoms with Gasteiger partial charge in [0.15, 0.2) is 0 Å². The third-order valence-corrected chi connectivity index (χ3v) is 6.15. The molecule has 1 unspecified atom stereocenters. The van der Waals surface area contributed by atoms with Gasteiger partial charge in [0.1, 0.15) is 0 Å². The van der Waals surface area contributed by atoms with Crippen LogP contribution in [0.5, 0.6) is 0 Å². The summed E-state index contributed by atoms with van der Waals surface area (Å²) in [5.74, 6) is 0. The van der Waals surface area contributed by atoms with Gasteiger partial charge in [0, 0.05) is 16.5 Å². The average Bonchev–Trinajstić information content (AvgIpc) is 2.85. The van der Waals surface area contributed by atoms with Crippen molar-refractivity contribution >= 4 is 18.0 Å². The number of unbranched alkanes of at least 4 members (excludes halogenated alkanes) is 1. The van der Waals surface area contributed by atoms with Crippen molar-refractivity contribution in [2.24, 2.45) is 0 Å². The molecule has 0 N–H and O–H groups in total. The topological polar surface area (TPSA) is 0 Å². The van der Waals surface area contributed by atoms with Crippen LogP contribution in [0.2, 0.25) is 0 Å². The SMILES string of the molecule is CCCCp1c(-c2ccccc2)[c]c2ccccc21. The lowest BCUT2D eigenvalue weighted by molar-refractivity contribution is 0.856. The Morgan fingerprint density at radius 2 is 1.68 bits per heavy atom. The predicted octanol–water partition coefficient (Wildman–Crippen LogP) is 6.09. The average molecular weight is 265 g/mol. The van der Waals surface area contributed by atoms with E-state index in [1.54, 1.807) is 0 Å². The molecule has 19 heavy (non-hydrogen) atoms. The molecule has 0 aliphatic rings. The fraction of sp³-hybridized carbons (Fsp3) is 0.222. The molecule has 1 aromatic heterocycles. The van der Waals surface area contributed by atoms with Crippen LogP contribution in [0.25, 0.3) is 21.4 Å². The van der Waals surface area contributed by atoms with E-state index in [0.29, 0.717) is 0 Å². The molecule has 0 saturated heterocycles. The summed E-state index contributed by atoms with van der Waals surface area (Å²) in [6, 6.07) is 23.2. The number of benzene rings is 2. The molecule has 0 aliphatic heterocycles. The molecule has 0 saturated carbocycles. The van der Waals surface area contributed by atoms with Crippen molar-refractivity contribution in [1.82, 2.24) is 0 Å². The van der Waals surface area contributed by atoms with Gasteiger partial charge in [-0.05, 0) is 23.5 Å². The van der Waals surface area contributed by atoms with Crippen molar-refractivity contribution in [3.63, 3.8) is 0 Å². The second-order valence-corrected chi connectivity index (χ2v) is 7.09. The van der Waals surface area contributed by atoms with E-state index in [1.807, 2.05) is 0 Å². The van der Waals surface area contributed by atoms with Crippen LogP contribution < -0.4 is 0 Å². The molecule has 1 heteroatoms. The largest absolute Gasteiger partial charge is 0.108 e. The Balaban J connectivity index is 2.17. The fourth-order valence-corrected chi connectivity index (χ4v) is 5.24. The van der Waals surface area contributed by atoms with Gasteiger partial charge in [-0.15, -0.1) is 7.53 Å². The Kier molecular flexibility index (Phi) is 3.71. The first-order valence-corrected chi connectivity index (χ1v) is 8.49. The van der Waals surface area contributed by atoms with Gasteiger partial charge in [0.25, 0.3) is 0 Å². The first-order valence-electron chi connectivity index (χ1n) is 6.96. The summed E-state index contributed by atoms with van der Waals surface area (Å²) in [6.45, 7) is 2.27. The highest BCUT2D eigenvalue weighted by Crippen LogP contribution is 2.50. The first-order chi connectivity index (χ1) is 9.40. The van der Waals surface area contributed by atoms with Crippen LogP contribution in [0.4, 0.5) is 0 Å². The molecule has 1 radical (unpaired) electrons. The van der Waals surface area contributed by atoms with Crippen LogP contribution in [0.3, 0.4) is 0 Å². The summed E-state index contributed by atoms with van der Waals surface area (Å²) < 4.78 is 0. The Hall–Kier alpha value is -1.52. The van der Waals surface area contributed by atoms with Crippen molar-refractivity contribution in [2.75, 3.05) is 0 Å². The van der Waals surface area contributed by atoms with E-state index in [0.717, 1.165) is 0 Å². The monoisotopic (exact) mass is 265 g/mol. The quantitative estimate of drug-likeness (QED) is 0.535. The minimum atomic E-state index is -0.201. The maximum Gasteiger partial charge on any atom is 0.0103 e. The van der Waals surface area contributed by atoms with Crippen LogP contribution in [-0.4, -0.2) is 0 Å². The Morgan fingerprint density at radius 3 is 2.47 bits per heavy atom. The molecule has 3 aromatic rings. The van der Waals surface area contributed by atoms with E-state index in [1.165, 1.54) is 40.4 Å². The van der Waals surface area contributed by atoms with Crippen molar-refractivity contribution in [1.29, 1.82) is 0 Å². The zero-order valence-corrected chi connectivity index (χ0v) is 12.2. The van der Waals surface area contributed by atoms with Crippen LogP contribution >= 0.6 is 7.53 Å². The molecule has 3 rings (SSSR count). The van der Waals surface area contributed by atoms with Crippen LogP contribution in [-0.2, 0) is 6.16 Å². The minimum Gasteiger partial charge on any atom is -0.108 e.